The molecule has 2 heteroatoms. The smallest absolute Gasteiger partial charge is 0.302 e. The minimum atomic E-state index is -0.160. The average molecular weight is 242 g/mol. The van der Waals surface area contributed by atoms with Crippen molar-refractivity contribution in [3.05, 3.63) is 0 Å². The van der Waals surface area contributed by atoms with Crippen LogP contribution in [0.15, 0.2) is 0 Å². The Hall–Kier alpha value is -0.530. The molecule has 0 saturated heterocycles. The van der Waals surface area contributed by atoms with E-state index in [-0.39, 0.29) is 5.97 Å². The topological polar surface area (TPSA) is 26.3 Å². The van der Waals surface area contributed by atoms with Crippen molar-refractivity contribution in [3.63, 3.8) is 0 Å². The number of hydrogen-bond donors (Lipinski definition) is 0. The molecule has 1 atom stereocenters. The lowest BCUT2D eigenvalue weighted by Gasteiger charge is -2.14. The second-order valence-electron chi connectivity index (χ2n) is 5.47. The summed E-state index contributed by atoms with van der Waals surface area (Å²) in [6, 6.07) is 0. The number of hydrogen-bond acceptors (Lipinski definition) is 2. The first-order valence-corrected chi connectivity index (χ1v) is 7.17. The van der Waals surface area contributed by atoms with Crippen molar-refractivity contribution < 1.29 is 9.53 Å². The highest BCUT2D eigenvalue weighted by Gasteiger charge is 2.05. The first kappa shape index (κ1) is 16.5. The fraction of sp³-hybridized carbons (Fsp3) is 0.933. The number of carbonyl (C=O) groups excluding carboxylic acids is 1. The van der Waals surface area contributed by atoms with E-state index in [1.165, 1.54) is 45.4 Å². The van der Waals surface area contributed by atoms with Crippen LogP contribution in [0.2, 0.25) is 0 Å². The molecular formula is C15H30O2. The molecule has 0 rings (SSSR count). The fourth-order valence-electron chi connectivity index (χ4n) is 1.82. The van der Waals surface area contributed by atoms with Crippen LogP contribution in [-0.2, 0) is 9.53 Å². The Morgan fingerprint density at radius 1 is 0.941 bits per heavy atom. The van der Waals surface area contributed by atoms with Gasteiger partial charge >= 0.3 is 5.97 Å². The molecule has 0 radical (unpaired) electrons. The largest absolute Gasteiger partial charge is 0.466 e. The van der Waals surface area contributed by atoms with E-state index in [4.69, 9.17) is 4.74 Å². The zero-order valence-corrected chi connectivity index (χ0v) is 12.1. The third kappa shape index (κ3) is 11.7. The molecule has 0 aromatic carbocycles. The number of ether oxygens (including phenoxy) is 1. The van der Waals surface area contributed by atoms with Gasteiger partial charge < -0.3 is 4.74 Å². The Kier molecular flexibility index (Phi) is 10.3. The molecule has 0 heterocycles. The van der Waals surface area contributed by atoms with Crippen molar-refractivity contribution in [1.82, 2.24) is 0 Å². The van der Waals surface area contributed by atoms with Crippen molar-refractivity contribution >= 4 is 5.97 Å². The summed E-state index contributed by atoms with van der Waals surface area (Å²) in [5, 5.41) is 0. The predicted octanol–water partition coefficient (Wildman–Crippen LogP) is 4.57. The summed E-state index contributed by atoms with van der Waals surface area (Å²) in [6.07, 6.45) is 8.89. The maximum atomic E-state index is 10.5. The maximum Gasteiger partial charge on any atom is 0.302 e. The highest BCUT2D eigenvalue weighted by Crippen LogP contribution is 2.18. The minimum absolute atomic E-state index is 0.160. The fourth-order valence-corrected chi connectivity index (χ4v) is 1.82. The molecule has 102 valence electrons. The van der Waals surface area contributed by atoms with Crippen LogP contribution in [0, 0.1) is 11.8 Å². The van der Waals surface area contributed by atoms with Gasteiger partial charge in [0.1, 0.15) is 0 Å². The lowest BCUT2D eigenvalue weighted by molar-refractivity contribution is -0.141. The Bertz CT molecular complexity index is 187. The molecule has 0 spiro atoms. The molecule has 17 heavy (non-hydrogen) atoms. The van der Waals surface area contributed by atoms with Crippen LogP contribution in [-0.4, -0.2) is 12.6 Å². The lowest BCUT2D eigenvalue weighted by atomic mass is 9.92. The Morgan fingerprint density at radius 3 is 2.00 bits per heavy atom. The van der Waals surface area contributed by atoms with Crippen LogP contribution in [0.25, 0.3) is 0 Å². The van der Waals surface area contributed by atoms with Gasteiger partial charge in [0.25, 0.3) is 0 Å². The van der Waals surface area contributed by atoms with Gasteiger partial charge in [0, 0.05) is 6.92 Å². The standard InChI is InChI=1S/C15H30O2/c1-13(2)14(3)11-9-7-5-6-8-10-12-17-15(4)16/h13-14H,5-12H2,1-4H3. The Labute approximate surface area is 107 Å². The summed E-state index contributed by atoms with van der Waals surface area (Å²) in [4.78, 5) is 10.5. The van der Waals surface area contributed by atoms with E-state index in [0.717, 1.165) is 18.3 Å². The van der Waals surface area contributed by atoms with Crippen LogP contribution in [0.3, 0.4) is 0 Å². The average Bonchev–Trinajstić information content (AvgIpc) is 2.25. The van der Waals surface area contributed by atoms with E-state index in [2.05, 4.69) is 20.8 Å². The third-order valence-electron chi connectivity index (χ3n) is 3.50. The zero-order valence-electron chi connectivity index (χ0n) is 12.1. The summed E-state index contributed by atoms with van der Waals surface area (Å²) in [5.41, 5.74) is 0. The second kappa shape index (κ2) is 10.6. The molecular weight excluding hydrogens is 212 g/mol. The molecule has 0 amide bonds. The molecule has 0 aliphatic rings. The molecule has 2 nitrogen and oxygen atoms in total. The molecule has 1 unspecified atom stereocenters. The highest BCUT2D eigenvalue weighted by molar-refractivity contribution is 5.65. The zero-order chi connectivity index (χ0) is 13.1. The molecule has 0 aromatic heterocycles. The number of unbranched alkanes of at least 4 members (excludes halogenated alkanes) is 5. The SMILES string of the molecule is CC(=O)OCCCCCCCCC(C)C(C)C. The van der Waals surface area contributed by atoms with E-state index in [1.807, 2.05) is 0 Å². The van der Waals surface area contributed by atoms with Crippen molar-refractivity contribution in [2.75, 3.05) is 6.61 Å². The van der Waals surface area contributed by atoms with Gasteiger partial charge in [0.15, 0.2) is 0 Å². The molecule has 0 aromatic rings. The van der Waals surface area contributed by atoms with Crippen molar-refractivity contribution in [2.45, 2.75) is 72.6 Å². The van der Waals surface area contributed by atoms with Crippen LogP contribution >= 0.6 is 0 Å². The van der Waals surface area contributed by atoms with Crippen LogP contribution in [0.1, 0.15) is 72.6 Å². The number of rotatable bonds is 10. The van der Waals surface area contributed by atoms with Gasteiger partial charge in [-0.05, 0) is 18.3 Å². The van der Waals surface area contributed by atoms with Gasteiger partial charge in [-0.2, -0.15) is 0 Å². The predicted molar refractivity (Wildman–Crippen MR) is 73.0 cm³/mol. The summed E-state index contributed by atoms with van der Waals surface area (Å²) >= 11 is 0. The first-order chi connectivity index (χ1) is 8.04. The van der Waals surface area contributed by atoms with Gasteiger partial charge in [-0.15, -0.1) is 0 Å². The van der Waals surface area contributed by atoms with E-state index in [9.17, 15) is 4.79 Å². The molecule has 0 aliphatic carbocycles. The van der Waals surface area contributed by atoms with Gasteiger partial charge in [-0.25, -0.2) is 0 Å². The first-order valence-electron chi connectivity index (χ1n) is 7.17. The van der Waals surface area contributed by atoms with E-state index < -0.39 is 0 Å². The summed E-state index contributed by atoms with van der Waals surface area (Å²) in [5.74, 6) is 1.52. The number of esters is 1. The van der Waals surface area contributed by atoms with Gasteiger partial charge in [0.2, 0.25) is 0 Å². The quantitative estimate of drug-likeness (QED) is 0.414. The Balaban J connectivity index is 3.11. The normalized spacial score (nSPS) is 12.8. The monoisotopic (exact) mass is 242 g/mol. The van der Waals surface area contributed by atoms with Crippen LogP contribution < -0.4 is 0 Å². The number of carbonyl (C=O) groups is 1. The molecule has 0 bridgehead atoms. The minimum Gasteiger partial charge on any atom is -0.466 e. The van der Waals surface area contributed by atoms with Crippen LogP contribution in [0.4, 0.5) is 0 Å². The van der Waals surface area contributed by atoms with E-state index in [1.54, 1.807) is 0 Å². The maximum absolute atomic E-state index is 10.5. The Morgan fingerprint density at radius 2 is 1.47 bits per heavy atom. The molecule has 0 N–H and O–H groups in total. The van der Waals surface area contributed by atoms with Crippen LogP contribution in [0.5, 0.6) is 0 Å². The highest BCUT2D eigenvalue weighted by atomic mass is 16.5. The third-order valence-corrected chi connectivity index (χ3v) is 3.50. The van der Waals surface area contributed by atoms with E-state index >= 15 is 0 Å². The summed E-state index contributed by atoms with van der Waals surface area (Å²) in [6.45, 7) is 9.03. The van der Waals surface area contributed by atoms with Gasteiger partial charge in [-0.1, -0.05) is 59.3 Å². The van der Waals surface area contributed by atoms with Crippen molar-refractivity contribution in [3.8, 4) is 0 Å². The van der Waals surface area contributed by atoms with Gasteiger partial charge in [0.05, 0.1) is 6.61 Å². The van der Waals surface area contributed by atoms with Crippen molar-refractivity contribution in [2.24, 2.45) is 11.8 Å². The lowest BCUT2D eigenvalue weighted by Crippen LogP contribution is -2.03. The molecule has 0 aliphatic heterocycles. The summed E-state index contributed by atoms with van der Waals surface area (Å²) < 4.78 is 4.89. The van der Waals surface area contributed by atoms with Gasteiger partial charge in [-0.3, -0.25) is 4.79 Å². The molecule has 0 saturated carbocycles. The van der Waals surface area contributed by atoms with E-state index in [0.29, 0.717) is 6.61 Å². The summed E-state index contributed by atoms with van der Waals surface area (Å²) in [7, 11) is 0. The van der Waals surface area contributed by atoms with Crippen molar-refractivity contribution in [1.29, 1.82) is 0 Å². The second-order valence-corrected chi connectivity index (χ2v) is 5.47. The molecule has 0 fully saturated rings.